The fourth-order valence-electron chi connectivity index (χ4n) is 2.66. The van der Waals surface area contributed by atoms with Crippen LogP contribution in [0.2, 0.25) is 0 Å². The molecular weight excluding hydrogens is 329 g/mol. The Hall–Kier alpha value is -2.67. The first-order valence-corrected chi connectivity index (χ1v) is 7.62. The van der Waals surface area contributed by atoms with Crippen LogP contribution in [-0.2, 0) is 23.8 Å². The fraction of sp³-hybridized carbons (Fsp3) is 0.333. The first-order chi connectivity index (χ1) is 12.0. The van der Waals surface area contributed by atoms with E-state index in [0.29, 0.717) is 18.7 Å². The van der Waals surface area contributed by atoms with Gasteiger partial charge in [0.2, 0.25) is 0 Å². The van der Waals surface area contributed by atoms with Crippen LogP contribution in [0.4, 0.5) is 4.39 Å². The molecule has 1 aliphatic heterocycles. The lowest BCUT2D eigenvalue weighted by Crippen LogP contribution is -2.30. The van der Waals surface area contributed by atoms with Crippen molar-refractivity contribution < 1.29 is 28.2 Å². The van der Waals surface area contributed by atoms with Gasteiger partial charge in [0, 0.05) is 26.1 Å². The zero-order valence-electron chi connectivity index (χ0n) is 14.3. The quantitative estimate of drug-likeness (QED) is 0.732. The van der Waals surface area contributed by atoms with Gasteiger partial charge in [-0.3, -0.25) is 0 Å². The lowest BCUT2D eigenvalue weighted by Gasteiger charge is -2.29. The molecule has 0 aliphatic carbocycles. The van der Waals surface area contributed by atoms with Gasteiger partial charge in [-0.05, 0) is 17.7 Å². The van der Waals surface area contributed by atoms with Crippen molar-refractivity contribution in [2.45, 2.75) is 5.92 Å². The van der Waals surface area contributed by atoms with E-state index in [2.05, 4.69) is 0 Å². The van der Waals surface area contributed by atoms with E-state index in [1.54, 1.807) is 30.5 Å². The van der Waals surface area contributed by atoms with E-state index in [1.165, 1.54) is 32.4 Å². The highest BCUT2D eigenvalue weighted by Gasteiger charge is 2.35. The number of methoxy groups -OCH3 is 3. The summed E-state index contributed by atoms with van der Waals surface area (Å²) in [5, 5.41) is 0. The second-order valence-corrected chi connectivity index (χ2v) is 5.37. The molecule has 1 aromatic carbocycles. The molecule has 0 fully saturated rings. The molecule has 6 nitrogen and oxygen atoms in total. The van der Waals surface area contributed by atoms with Crippen LogP contribution >= 0.6 is 0 Å². The molecule has 0 unspecified atom stereocenters. The summed E-state index contributed by atoms with van der Waals surface area (Å²) in [6.07, 6.45) is 3.15. The van der Waals surface area contributed by atoms with Crippen LogP contribution in [0.5, 0.6) is 0 Å². The topological polar surface area (TPSA) is 65.1 Å². The predicted octanol–water partition coefficient (Wildman–Crippen LogP) is 1.99. The highest BCUT2D eigenvalue weighted by atomic mass is 19.1. The van der Waals surface area contributed by atoms with Crippen LogP contribution in [0.25, 0.3) is 0 Å². The maximum absolute atomic E-state index is 13.7. The standard InChI is InChI=1S/C18H20FNO5/c1-23-8-7-20-10-14(17(21)24-2)16(15(11-20)18(22)25-3)12-5-4-6-13(19)9-12/h4-6,9-11,16H,7-8H2,1-3H3. The average Bonchev–Trinajstić information content (AvgIpc) is 2.64. The number of rotatable bonds is 6. The third kappa shape index (κ3) is 4.24. The molecular formula is C18H20FNO5. The molecule has 2 rings (SSSR count). The second kappa shape index (κ2) is 8.43. The van der Waals surface area contributed by atoms with Crippen LogP contribution in [0.1, 0.15) is 11.5 Å². The zero-order chi connectivity index (χ0) is 18.4. The monoisotopic (exact) mass is 349 g/mol. The predicted molar refractivity (Wildman–Crippen MR) is 87.9 cm³/mol. The average molecular weight is 349 g/mol. The third-order valence-electron chi connectivity index (χ3n) is 3.81. The number of hydrogen-bond acceptors (Lipinski definition) is 6. The molecule has 134 valence electrons. The fourth-order valence-corrected chi connectivity index (χ4v) is 2.66. The first kappa shape index (κ1) is 18.7. The molecule has 25 heavy (non-hydrogen) atoms. The molecule has 0 aromatic heterocycles. The molecule has 7 heteroatoms. The van der Waals surface area contributed by atoms with Gasteiger partial charge in [0.05, 0.1) is 37.9 Å². The maximum Gasteiger partial charge on any atom is 0.336 e. The summed E-state index contributed by atoms with van der Waals surface area (Å²) in [6, 6.07) is 5.74. The molecule has 0 atom stereocenters. The molecule has 0 saturated heterocycles. The van der Waals surface area contributed by atoms with Crippen LogP contribution in [-0.4, -0.2) is 51.3 Å². The number of nitrogens with zero attached hydrogens (tertiary/aromatic N) is 1. The maximum atomic E-state index is 13.7. The Bertz CT molecular complexity index is 679. The highest BCUT2D eigenvalue weighted by molar-refractivity contribution is 5.98. The van der Waals surface area contributed by atoms with E-state index in [0.717, 1.165) is 0 Å². The summed E-state index contributed by atoms with van der Waals surface area (Å²) in [4.78, 5) is 26.2. The minimum atomic E-state index is -0.783. The van der Waals surface area contributed by atoms with Crippen molar-refractivity contribution in [1.82, 2.24) is 4.90 Å². The van der Waals surface area contributed by atoms with Crippen LogP contribution < -0.4 is 0 Å². The van der Waals surface area contributed by atoms with Gasteiger partial charge in [-0.2, -0.15) is 0 Å². The number of carbonyl (C=O) groups excluding carboxylic acids is 2. The van der Waals surface area contributed by atoms with Crippen molar-refractivity contribution in [3.63, 3.8) is 0 Å². The Morgan fingerprint density at radius 1 is 1.08 bits per heavy atom. The Balaban J connectivity index is 2.54. The van der Waals surface area contributed by atoms with Gasteiger partial charge in [0.15, 0.2) is 0 Å². The summed E-state index contributed by atoms with van der Waals surface area (Å²) in [7, 11) is 4.05. The van der Waals surface area contributed by atoms with Crippen molar-refractivity contribution in [1.29, 1.82) is 0 Å². The molecule has 1 aliphatic rings. The second-order valence-electron chi connectivity index (χ2n) is 5.37. The lowest BCUT2D eigenvalue weighted by molar-refractivity contribution is -0.137. The molecule has 1 heterocycles. The smallest absolute Gasteiger partial charge is 0.336 e. The minimum absolute atomic E-state index is 0.215. The van der Waals surface area contributed by atoms with Crippen LogP contribution in [0.3, 0.4) is 0 Å². The molecule has 0 radical (unpaired) electrons. The number of benzene rings is 1. The number of ether oxygens (including phenoxy) is 3. The minimum Gasteiger partial charge on any atom is -0.466 e. The van der Waals surface area contributed by atoms with E-state index in [4.69, 9.17) is 14.2 Å². The van der Waals surface area contributed by atoms with E-state index >= 15 is 0 Å². The SMILES string of the molecule is COCCN1C=C(C(=O)OC)C(c2cccc(F)c2)C(C(=O)OC)=C1. The van der Waals surface area contributed by atoms with Crippen molar-refractivity contribution in [2.75, 3.05) is 34.5 Å². The Kier molecular flexibility index (Phi) is 6.30. The molecule has 0 bridgehead atoms. The summed E-state index contributed by atoms with van der Waals surface area (Å²) in [6.45, 7) is 0.813. The summed E-state index contributed by atoms with van der Waals surface area (Å²) < 4.78 is 28.4. The Labute approximate surface area is 145 Å². The Morgan fingerprint density at radius 3 is 2.16 bits per heavy atom. The van der Waals surface area contributed by atoms with E-state index in [-0.39, 0.29) is 11.1 Å². The number of hydrogen-bond donors (Lipinski definition) is 0. The van der Waals surface area contributed by atoms with Gasteiger partial charge in [-0.15, -0.1) is 0 Å². The van der Waals surface area contributed by atoms with Gasteiger partial charge in [0.1, 0.15) is 5.82 Å². The zero-order valence-corrected chi connectivity index (χ0v) is 14.3. The largest absolute Gasteiger partial charge is 0.466 e. The normalized spacial score (nSPS) is 14.6. The number of carbonyl (C=O) groups is 2. The van der Waals surface area contributed by atoms with Crippen molar-refractivity contribution in [3.05, 3.63) is 59.2 Å². The van der Waals surface area contributed by atoms with Gasteiger partial charge in [-0.1, -0.05) is 12.1 Å². The molecule has 0 spiro atoms. The Morgan fingerprint density at radius 2 is 1.68 bits per heavy atom. The van der Waals surface area contributed by atoms with Gasteiger partial charge in [0.25, 0.3) is 0 Å². The van der Waals surface area contributed by atoms with E-state index in [9.17, 15) is 14.0 Å². The number of halogens is 1. The van der Waals surface area contributed by atoms with E-state index < -0.39 is 23.7 Å². The van der Waals surface area contributed by atoms with Gasteiger partial charge in [-0.25, -0.2) is 14.0 Å². The lowest BCUT2D eigenvalue weighted by atomic mass is 9.83. The van der Waals surface area contributed by atoms with Gasteiger partial charge >= 0.3 is 11.9 Å². The van der Waals surface area contributed by atoms with Crippen molar-refractivity contribution in [2.24, 2.45) is 0 Å². The molecule has 0 amide bonds. The molecule has 0 saturated carbocycles. The first-order valence-electron chi connectivity index (χ1n) is 7.62. The summed E-state index contributed by atoms with van der Waals surface area (Å²) in [5.41, 5.74) is 0.888. The van der Waals surface area contributed by atoms with Crippen molar-refractivity contribution >= 4 is 11.9 Å². The van der Waals surface area contributed by atoms with Gasteiger partial charge < -0.3 is 19.1 Å². The molecule has 1 aromatic rings. The highest BCUT2D eigenvalue weighted by Crippen LogP contribution is 2.37. The third-order valence-corrected chi connectivity index (χ3v) is 3.81. The van der Waals surface area contributed by atoms with E-state index in [1.807, 2.05) is 0 Å². The number of esters is 2. The summed E-state index contributed by atoms with van der Waals surface area (Å²) in [5.74, 6) is -2.46. The molecule has 0 N–H and O–H groups in total. The van der Waals surface area contributed by atoms with Crippen molar-refractivity contribution in [3.8, 4) is 0 Å². The van der Waals surface area contributed by atoms with Crippen LogP contribution in [0.15, 0.2) is 47.8 Å². The summed E-state index contributed by atoms with van der Waals surface area (Å²) >= 11 is 0. The van der Waals surface area contributed by atoms with Crippen LogP contribution in [0, 0.1) is 5.82 Å².